The maximum atomic E-state index is 12.3. The van der Waals surface area contributed by atoms with Gasteiger partial charge >= 0.3 is 0 Å². The van der Waals surface area contributed by atoms with Gasteiger partial charge in [0.2, 0.25) is 5.91 Å². The normalized spacial score (nSPS) is 19.2. The molecule has 0 bridgehead atoms. The summed E-state index contributed by atoms with van der Waals surface area (Å²) in [4.78, 5) is 12.5. The van der Waals surface area contributed by atoms with Crippen LogP contribution in [0.15, 0.2) is 62.2 Å². The number of alkyl halides is 2. The topological polar surface area (TPSA) is 67.0 Å². The molecule has 130 valence electrons. The van der Waals surface area contributed by atoms with Crippen LogP contribution in [0.5, 0.6) is 0 Å². The third-order valence-electron chi connectivity index (χ3n) is 3.22. The van der Waals surface area contributed by atoms with Gasteiger partial charge in [-0.3, -0.25) is 4.79 Å². The molecule has 1 N–H and O–H groups in total. The van der Waals surface area contributed by atoms with Gasteiger partial charge in [-0.1, -0.05) is 35.7 Å². The number of carbonyl (C=O) groups is 1. The fourth-order valence-corrected chi connectivity index (χ4v) is 3.57. The zero-order chi connectivity index (χ0) is 17.6. The molecule has 1 amide bonds. The van der Waals surface area contributed by atoms with Gasteiger partial charge in [0.25, 0.3) is 5.76 Å². The van der Waals surface area contributed by atoms with Crippen LogP contribution in [0.1, 0.15) is 11.3 Å². The Labute approximate surface area is 151 Å². The summed E-state index contributed by atoms with van der Waals surface area (Å²) in [6.45, 7) is 0. The van der Waals surface area contributed by atoms with E-state index in [-0.39, 0.29) is 11.2 Å². The molecule has 2 heterocycles. The van der Waals surface area contributed by atoms with Crippen LogP contribution in [0.4, 0.5) is 8.78 Å². The van der Waals surface area contributed by atoms with Gasteiger partial charge in [0.05, 0.1) is 17.7 Å². The fraction of sp³-hybridized carbons (Fsp3) is 0.188. The molecule has 1 aliphatic heterocycles. The molecule has 3 rings (SSSR count). The molecule has 0 unspecified atom stereocenters. The van der Waals surface area contributed by atoms with Crippen LogP contribution in [0.3, 0.4) is 0 Å². The highest BCUT2D eigenvalue weighted by molar-refractivity contribution is 8.15. The predicted octanol–water partition coefficient (Wildman–Crippen LogP) is 3.76. The molecule has 25 heavy (non-hydrogen) atoms. The van der Waals surface area contributed by atoms with Crippen LogP contribution in [0.2, 0.25) is 0 Å². The van der Waals surface area contributed by atoms with E-state index in [0.29, 0.717) is 34.0 Å². The number of rotatable bonds is 6. The number of nitrogens with one attached hydrogen (secondary N) is 1. The molecule has 1 aliphatic rings. The van der Waals surface area contributed by atoms with E-state index in [2.05, 4.69) is 15.5 Å². The molecule has 0 aliphatic carbocycles. The van der Waals surface area contributed by atoms with Crippen molar-refractivity contribution >= 4 is 40.8 Å². The number of carbonyl (C=O) groups excluding carboxylic acids is 1. The Balaban J connectivity index is 1.57. The summed E-state index contributed by atoms with van der Waals surface area (Å²) in [7, 11) is 0. The Morgan fingerprint density at radius 1 is 1.32 bits per heavy atom. The van der Waals surface area contributed by atoms with Gasteiger partial charge in [-0.25, -0.2) is 0 Å². The highest BCUT2D eigenvalue weighted by Gasteiger charge is 2.30. The number of hydrogen-bond acceptors (Lipinski definition) is 6. The maximum Gasteiger partial charge on any atom is 0.288 e. The summed E-state index contributed by atoms with van der Waals surface area (Å²) in [5.74, 6) is -2.03. The summed E-state index contributed by atoms with van der Waals surface area (Å²) < 4.78 is 29.7. The molecule has 1 aromatic heterocycles. The minimum absolute atomic E-state index is 0.150. The molecule has 2 aromatic rings. The minimum atomic E-state index is -2.44. The highest BCUT2D eigenvalue weighted by Crippen LogP contribution is 2.27. The summed E-state index contributed by atoms with van der Waals surface area (Å²) in [6.07, 6.45) is 3.46. The first-order valence-corrected chi connectivity index (χ1v) is 9.02. The van der Waals surface area contributed by atoms with Gasteiger partial charge in [-0.05, 0) is 36.2 Å². The monoisotopic (exact) mass is 381 g/mol. The highest BCUT2D eigenvalue weighted by atomic mass is 32.2. The van der Waals surface area contributed by atoms with Gasteiger partial charge < -0.3 is 9.73 Å². The molecule has 1 atom stereocenters. The van der Waals surface area contributed by atoms with Crippen LogP contribution >= 0.6 is 23.5 Å². The molecular weight excluding hydrogens is 368 g/mol. The standard InChI is InChI=1S/C16H13F2N3O2S2/c17-15(18)24-12-5-3-10(4-6-12)8-13-14(22)20-16(25-13)21-19-9-11-2-1-7-23-11/h1-7,9,13,15H,8H2,(H,20,21,22)/b19-9+/t13-/m0/s1. The van der Waals surface area contributed by atoms with Gasteiger partial charge in [0, 0.05) is 4.90 Å². The van der Waals surface area contributed by atoms with Gasteiger partial charge in [-0.2, -0.15) is 13.9 Å². The number of amides is 1. The number of nitrogens with zero attached hydrogens (tertiary/aromatic N) is 2. The minimum Gasteiger partial charge on any atom is -0.463 e. The number of amidine groups is 1. The number of benzene rings is 1. The largest absolute Gasteiger partial charge is 0.463 e. The smallest absolute Gasteiger partial charge is 0.288 e. The van der Waals surface area contributed by atoms with Crippen molar-refractivity contribution in [2.45, 2.75) is 22.3 Å². The Morgan fingerprint density at radius 2 is 2.12 bits per heavy atom. The second kappa shape index (κ2) is 8.30. The molecule has 9 heteroatoms. The zero-order valence-corrected chi connectivity index (χ0v) is 14.4. The Kier molecular flexibility index (Phi) is 5.87. The third-order valence-corrected chi connectivity index (χ3v) is 5.02. The zero-order valence-electron chi connectivity index (χ0n) is 12.8. The predicted molar refractivity (Wildman–Crippen MR) is 95.3 cm³/mol. The maximum absolute atomic E-state index is 12.3. The lowest BCUT2D eigenvalue weighted by Crippen LogP contribution is -2.25. The summed E-state index contributed by atoms with van der Waals surface area (Å²) in [5, 5.41) is 10.6. The van der Waals surface area contributed by atoms with Crippen molar-refractivity contribution in [2.75, 3.05) is 0 Å². The van der Waals surface area contributed by atoms with Crippen molar-refractivity contribution in [3.05, 3.63) is 54.0 Å². The van der Waals surface area contributed by atoms with Crippen LogP contribution in [-0.4, -0.2) is 28.3 Å². The first-order chi connectivity index (χ1) is 12.1. The second-order valence-corrected chi connectivity index (χ2v) is 7.24. The van der Waals surface area contributed by atoms with E-state index in [0.717, 1.165) is 5.56 Å². The summed E-state index contributed by atoms with van der Waals surface area (Å²) in [6, 6.07) is 10.2. The Morgan fingerprint density at radius 3 is 2.80 bits per heavy atom. The quantitative estimate of drug-likeness (QED) is 0.470. The number of furan rings is 1. The summed E-state index contributed by atoms with van der Waals surface area (Å²) in [5.41, 5.74) is 0.895. The molecule has 1 aromatic carbocycles. The molecule has 0 radical (unpaired) electrons. The molecule has 0 saturated carbocycles. The lowest BCUT2D eigenvalue weighted by atomic mass is 10.1. The Hall–Kier alpha value is -2.13. The van der Waals surface area contributed by atoms with E-state index in [4.69, 9.17) is 4.42 Å². The van der Waals surface area contributed by atoms with Crippen molar-refractivity contribution in [3.8, 4) is 0 Å². The van der Waals surface area contributed by atoms with Gasteiger partial charge in [-0.15, -0.1) is 5.10 Å². The van der Waals surface area contributed by atoms with Crippen LogP contribution in [0, 0.1) is 0 Å². The average Bonchev–Trinajstić information content (AvgIpc) is 3.19. The van der Waals surface area contributed by atoms with Gasteiger partial charge in [0.1, 0.15) is 5.76 Å². The molecular formula is C16H13F2N3O2S2. The number of hydrogen-bond donors (Lipinski definition) is 1. The van der Waals surface area contributed by atoms with E-state index in [9.17, 15) is 13.6 Å². The van der Waals surface area contributed by atoms with Crippen molar-refractivity contribution in [1.82, 2.24) is 5.32 Å². The third kappa shape index (κ3) is 5.17. The van der Waals surface area contributed by atoms with E-state index < -0.39 is 5.76 Å². The summed E-state index contributed by atoms with van der Waals surface area (Å²) >= 11 is 1.78. The van der Waals surface area contributed by atoms with Crippen LogP contribution in [-0.2, 0) is 11.2 Å². The fourth-order valence-electron chi connectivity index (χ4n) is 2.11. The van der Waals surface area contributed by atoms with E-state index in [1.807, 2.05) is 0 Å². The first-order valence-electron chi connectivity index (χ1n) is 7.26. The molecule has 0 spiro atoms. The van der Waals surface area contributed by atoms with Crippen molar-refractivity contribution < 1.29 is 18.0 Å². The van der Waals surface area contributed by atoms with Crippen LogP contribution < -0.4 is 5.32 Å². The van der Waals surface area contributed by atoms with Crippen molar-refractivity contribution in [3.63, 3.8) is 0 Å². The molecule has 5 nitrogen and oxygen atoms in total. The van der Waals surface area contributed by atoms with Crippen LogP contribution in [0.25, 0.3) is 0 Å². The van der Waals surface area contributed by atoms with Crippen molar-refractivity contribution in [2.24, 2.45) is 10.2 Å². The number of thioether (sulfide) groups is 2. The lowest BCUT2D eigenvalue weighted by Gasteiger charge is -2.06. The van der Waals surface area contributed by atoms with E-state index in [1.165, 1.54) is 24.2 Å². The molecule has 1 saturated heterocycles. The average molecular weight is 381 g/mol. The number of halogens is 2. The van der Waals surface area contributed by atoms with Gasteiger partial charge in [0.15, 0.2) is 5.17 Å². The Bertz CT molecular complexity index is 777. The first kappa shape index (κ1) is 17.7. The van der Waals surface area contributed by atoms with E-state index in [1.54, 1.807) is 36.4 Å². The lowest BCUT2D eigenvalue weighted by molar-refractivity contribution is -0.118. The SMILES string of the molecule is O=C1N/C(=N\N=C\c2ccco2)S[C@H]1Cc1ccc(SC(F)F)cc1. The van der Waals surface area contributed by atoms with E-state index >= 15 is 0 Å². The molecule has 1 fully saturated rings. The van der Waals surface area contributed by atoms with Crippen molar-refractivity contribution in [1.29, 1.82) is 0 Å². The second-order valence-electron chi connectivity index (χ2n) is 4.99.